The first-order valence-electron chi connectivity index (χ1n) is 12.1. The standard InChI is InChI=1S/C27H34N2O5/c1-2-3-10-19(17-26(31)32)29-25(30)15-8-9-16-28-27(33)34-18-24-22-13-6-4-11-20(22)21-12-5-7-14-23(21)24/h4-7,11-14,19,24H,2-3,8-10,15-18H2,1H3,(H,28,33)(H,29,30)(H,31,32)/t19-/m1/s1. The predicted molar refractivity (Wildman–Crippen MR) is 131 cm³/mol. The van der Waals surface area contributed by atoms with E-state index in [1.807, 2.05) is 31.2 Å². The summed E-state index contributed by atoms with van der Waals surface area (Å²) in [5.74, 6) is -1.04. The van der Waals surface area contributed by atoms with Crippen LogP contribution >= 0.6 is 0 Å². The number of ether oxygens (including phenoxy) is 1. The van der Waals surface area contributed by atoms with Crippen molar-refractivity contribution in [3.63, 3.8) is 0 Å². The topological polar surface area (TPSA) is 105 Å². The first kappa shape index (κ1) is 25.3. The number of carbonyl (C=O) groups is 3. The Morgan fingerprint density at radius 2 is 1.62 bits per heavy atom. The molecule has 3 rings (SSSR count). The average molecular weight is 467 g/mol. The van der Waals surface area contributed by atoms with Crippen molar-refractivity contribution in [1.82, 2.24) is 10.6 Å². The van der Waals surface area contributed by atoms with Crippen LogP contribution in [0.15, 0.2) is 48.5 Å². The first-order chi connectivity index (χ1) is 16.5. The average Bonchev–Trinajstić information content (AvgIpc) is 3.14. The molecule has 0 heterocycles. The maximum absolute atomic E-state index is 12.2. The fourth-order valence-corrected chi connectivity index (χ4v) is 4.44. The number of fused-ring (bicyclic) bond motifs is 3. The molecule has 0 saturated heterocycles. The van der Waals surface area contributed by atoms with E-state index < -0.39 is 12.1 Å². The van der Waals surface area contributed by atoms with Gasteiger partial charge < -0.3 is 20.5 Å². The highest BCUT2D eigenvalue weighted by Crippen LogP contribution is 2.44. The first-order valence-corrected chi connectivity index (χ1v) is 12.1. The van der Waals surface area contributed by atoms with Gasteiger partial charge >= 0.3 is 12.1 Å². The van der Waals surface area contributed by atoms with Gasteiger partial charge in [-0.3, -0.25) is 9.59 Å². The van der Waals surface area contributed by atoms with Gasteiger partial charge in [0.25, 0.3) is 0 Å². The third-order valence-electron chi connectivity index (χ3n) is 6.14. The maximum Gasteiger partial charge on any atom is 0.407 e. The Balaban J connectivity index is 1.35. The maximum atomic E-state index is 12.2. The highest BCUT2D eigenvalue weighted by Gasteiger charge is 2.28. The number of aliphatic carboxylic acids is 1. The summed E-state index contributed by atoms with van der Waals surface area (Å²) in [5.41, 5.74) is 4.71. The highest BCUT2D eigenvalue weighted by atomic mass is 16.5. The van der Waals surface area contributed by atoms with Gasteiger partial charge in [-0.05, 0) is 41.5 Å². The molecule has 1 atom stereocenters. The number of hydrogen-bond donors (Lipinski definition) is 3. The van der Waals surface area contributed by atoms with E-state index in [0.717, 1.165) is 12.8 Å². The van der Waals surface area contributed by atoms with E-state index >= 15 is 0 Å². The summed E-state index contributed by atoms with van der Waals surface area (Å²) >= 11 is 0. The molecule has 3 N–H and O–H groups in total. The molecule has 0 radical (unpaired) electrons. The van der Waals surface area contributed by atoms with Gasteiger partial charge in [0.05, 0.1) is 6.42 Å². The second-order valence-corrected chi connectivity index (χ2v) is 8.71. The normalized spacial score (nSPS) is 13.0. The van der Waals surface area contributed by atoms with Crippen LogP contribution < -0.4 is 10.6 Å². The number of benzene rings is 2. The predicted octanol–water partition coefficient (Wildman–Crippen LogP) is 4.85. The molecule has 7 nitrogen and oxygen atoms in total. The van der Waals surface area contributed by atoms with Crippen molar-refractivity contribution >= 4 is 18.0 Å². The zero-order valence-corrected chi connectivity index (χ0v) is 19.7. The van der Waals surface area contributed by atoms with Gasteiger partial charge in [-0.2, -0.15) is 0 Å². The molecule has 0 saturated carbocycles. The van der Waals surface area contributed by atoms with Crippen molar-refractivity contribution in [3.8, 4) is 11.1 Å². The largest absolute Gasteiger partial charge is 0.481 e. The third kappa shape index (κ3) is 7.07. The number of carbonyl (C=O) groups excluding carboxylic acids is 2. The summed E-state index contributed by atoms with van der Waals surface area (Å²) in [6, 6.07) is 16.1. The molecule has 0 bridgehead atoms. The van der Waals surface area contributed by atoms with Crippen molar-refractivity contribution in [2.24, 2.45) is 0 Å². The van der Waals surface area contributed by atoms with Crippen LogP contribution in [0.25, 0.3) is 11.1 Å². The number of amides is 2. The van der Waals surface area contributed by atoms with E-state index in [0.29, 0.717) is 32.2 Å². The second-order valence-electron chi connectivity index (χ2n) is 8.71. The fraction of sp³-hybridized carbons (Fsp3) is 0.444. The number of alkyl carbamates (subject to hydrolysis) is 1. The Labute approximate surface area is 200 Å². The molecule has 0 spiro atoms. The van der Waals surface area contributed by atoms with Crippen molar-refractivity contribution in [2.45, 2.75) is 63.8 Å². The molecule has 0 unspecified atom stereocenters. The molecule has 2 aromatic carbocycles. The molecule has 0 fully saturated rings. The smallest absolute Gasteiger partial charge is 0.407 e. The van der Waals surface area contributed by atoms with Crippen molar-refractivity contribution in [2.75, 3.05) is 13.2 Å². The molecule has 0 aliphatic heterocycles. The van der Waals surface area contributed by atoms with Gasteiger partial charge in [0.2, 0.25) is 5.91 Å². The summed E-state index contributed by atoms with van der Waals surface area (Å²) in [6.45, 7) is 2.71. The number of nitrogens with one attached hydrogen (secondary N) is 2. The minimum Gasteiger partial charge on any atom is -0.481 e. The molecular weight excluding hydrogens is 432 g/mol. The molecule has 0 aromatic heterocycles. The zero-order chi connectivity index (χ0) is 24.3. The Morgan fingerprint density at radius 1 is 0.971 bits per heavy atom. The van der Waals surface area contributed by atoms with Crippen LogP contribution in [0.4, 0.5) is 4.79 Å². The SMILES string of the molecule is CCCC[C@H](CC(=O)O)NC(=O)CCCCNC(=O)OCC1c2ccccc2-c2ccccc21. The third-order valence-corrected chi connectivity index (χ3v) is 6.14. The van der Waals surface area contributed by atoms with E-state index in [1.165, 1.54) is 22.3 Å². The van der Waals surface area contributed by atoms with Gasteiger partial charge in [-0.1, -0.05) is 68.3 Å². The van der Waals surface area contributed by atoms with Crippen LogP contribution in [-0.2, 0) is 14.3 Å². The Bertz CT molecular complexity index is 945. The molecule has 7 heteroatoms. The molecular formula is C27H34N2O5. The van der Waals surface area contributed by atoms with Crippen molar-refractivity contribution < 1.29 is 24.2 Å². The Kier molecular flexibility index (Phi) is 9.50. The second kappa shape index (κ2) is 12.8. The van der Waals surface area contributed by atoms with Gasteiger partial charge in [0, 0.05) is 24.9 Å². The number of carboxylic acid groups (broad SMARTS) is 1. The van der Waals surface area contributed by atoms with Gasteiger partial charge in [-0.25, -0.2) is 4.79 Å². The summed E-state index contributed by atoms with van der Waals surface area (Å²) in [6.07, 6.45) is 3.50. The van der Waals surface area contributed by atoms with Crippen molar-refractivity contribution in [3.05, 3.63) is 59.7 Å². The Morgan fingerprint density at radius 3 is 2.24 bits per heavy atom. The van der Waals surface area contributed by atoms with Crippen LogP contribution in [0.1, 0.15) is 68.9 Å². The molecule has 34 heavy (non-hydrogen) atoms. The van der Waals surface area contributed by atoms with Crippen LogP contribution in [0.2, 0.25) is 0 Å². The van der Waals surface area contributed by atoms with E-state index in [9.17, 15) is 14.4 Å². The summed E-state index contributed by atoms with van der Waals surface area (Å²) < 4.78 is 5.51. The van der Waals surface area contributed by atoms with E-state index in [2.05, 4.69) is 34.9 Å². The molecule has 2 amide bonds. The lowest BCUT2D eigenvalue weighted by Gasteiger charge is -2.16. The lowest BCUT2D eigenvalue weighted by molar-refractivity contribution is -0.137. The number of carboxylic acids is 1. The minimum atomic E-state index is -0.909. The lowest BCUT2D eigenvalue weighted by Crippen LogP contribution is -2.36. The van der Waals surface area contributed by atoms with E-state index in [4.69, 9.17) is 9.84 Å². The summed E-state index contributed by atoms with van der Waals surface area (Å²) in [7, 11) is 0. The molecule has 1 aliphatic rings. The fourth-order valence-electron chi connectivity index (χ4n) is 4.44. The lowest BCUT2D eigenvalue weighted by atomic mass is 9.98. The van der Waals surface area contributed by atoms with E-state index in [1.54, 1.807) is 0 Å². The number of hydrogen-bond acceptors (Lipinski definition) is 4. The van der Waals surface area contributed by atoms with Crippen molar-refractivity contribution in [1.29, 1.82) is 0 Å². The quantitative estimate of drug-likeness (QED) is 0.366. The monoisotopic (exact) mass is 466 g/mol. The van der Waals surface area contributed by atoms with Gasteiger partial charge in [0.15, 0.2) is 0 Å². The van der Waals surface area contributed by atoms with Crippen LogP contribution in [0, 0.1) is 0 Å². The van der Waals surface area contributed by atoms with Crippen LogP contribution in [0.5, 0.6) is 0 Å². The van der Waals surface area contributed by atoms with Gasteiger partial charge in [0.1, 0.15) is 6.61 Å². The highest BCUT2D eigenvalue weighted by molar-refractivity contribution is 5.79. The molecule has 2 aromatic rings. The van der Waals surface area contributed by atoms with Crippen LogP contribution in [-0.4, -0.2) is 42.3 Å². The van der Waals surface area contributed by atoms with E-state index in [-0.39, 0.29) is 30.9 Å². The summed E-state index contributed by atoms with van der Waals surface area (Å²) in [4.78, 5) is 35.3. The zero-order valence-electron chi connectivity index (χ0n) is 19.7. The minimum absolute atomic E-state index is 0.0216. The Hall–Kier alpha value is -3.35. The molecule has 182 valence electrons. The van der Waals surface area contributed by atoms with Crippen LogP contribution in [0.3, 0.4) is 0 Å². The number of unbranched alkanes of at least 4 members (excludes halogenated alkanes) is 2. The summed E-state index contributed by atoms with van der Waals surface area (Å²) in [5, 5.41) is 14.6. The van der Waals surface area contributed by atoms with Gasteiger partial charge in [-0.15, -0.1) is 0 Å². The number of rotatable bonds is 13. The molecule has 1 aliphatic carbocycles.